The number of hydrogen-bond donors (Lipinski definition) is 3. The Morgan fingerprint density at radius 1 is 0.907 bits per heavy atom. The van der Waals surface area contributed by atoms with E-state index in [1.807, 2.05) is 25.1 Å². The number of fused-ring (bicyclic) bond motifs is 1. The fourth-order valence-electron chi connectivity index (χ4n) is 5.09. The van der Waals surface area contributed by atoms with Crippen LogP contribution in [0.3, 0.4) is 0 Å². The maximum Gasteiger partial charge on any atom is 0.371 e. The Bertz CT molecular complexity index is 1420. The average Bonchev–Trinajstić information content (AvgIpc) is 2.98. The maximum atomic E-state index is 12.6. The summed E-state index contributed by atoms with van der Waals surface area (Å²) < 4.78 is 5.70. The molecule has 7 nitrogen and oxygen atoms in total. The Kier molecular flexibility index (Phi) is 14.0. The largest absolute Gasteiger partial charge is 0.481 e. The summed E-state index contributed by atoms with van der Waals surface area (Å²) in [5.74, 6) is -2.63. The Labute approximate surface area is 258 Å². The zero-order chi connectivity index (χ0) is 31.2. The number of benzene rings is 2. The lowest BCUT2D eigenvalue weighted by molar-refractivity contribution is -0.137. The van der Waals surface area contributed by atoms with E-state index in [2.05, 4.69) is 31.2 Å². The SMILES string of the molecule is CCCCCCCCc1ccc(/C=C/[C@@H](Sc2ccc3c(=O)cc(C(=O)O)oc3c2CCC)[C@@H](O)CCCC(=O)O)cc1. The number of aryl methyl sites for hydroxylation is 2. The third-order valence-electron chi connectivity index (χ3n) is 7.48. The van der Waals surface area contributed by atoms with Gasteiger partial charge in [0.05, 0.1) is 16.7 Å². The second-order valence-corrected chi connectivity index (χ2v) is 12.2. The predicted molar refractivity (Wildman–Crippen MR) is 173 cm³/mol. The van der Waals surface area contributed by atoms with Crippen LogP contribution in [0.5, 0.6) is 0 Å². The molecule has 0 radical (unpaired) electrons. The van der Waals surface area contributed by atoms with Gasteiger partial charge in [-0.05, 0) is 55.4 Å². The first kappa shape index (κ1) is 34.1. The second-order valence-electron chi connectivity index (χ2n) is 11.0. The smallest absolute Gasteiger partial charge is 0.371 e. The van der Waals surface area contributed by atoms with Gasteiger partial charge in [0, 0.05) is 22.9 Å². The number of aliphatic carboxylic acids is 1. The highest BCUT2D eigenvalue weighted by Gasteiger charge is 2.22. The number of aliphatic hydroxyl groups excluding tert-OH is 1. The van der Waals surface area contributed by atoms with Gasteiger partial charge in [-0.3, -0.25) is 9.59 Å². The first-order valence-corrected chi connectivity index (χ1v) is 16.3. The number of thioether (sulfide) groups is 1. The molecule has 0 amide bonds. The van der Waals surface area contributed by atoms with Crippen molar-refractivity contribution in [2.75, 3.05) is 0 Å². The van der Waals surface area contributed by atoms with Crippen molar-refractivity contribution in [1.29, 1.82) is 0 Å². The molecule has 0 aliphatic heterocycles. The van der Waals surface area contributed by atoms with Gasteiger partial charge in [0.1, 0.15) is 5.58 Å². The summed E-state index contributed by atoms with van der Waals surface area (Å²) in [6.07, 6.45) is 13.6. The number of hydrogen-bond acceptors (Lipinski definition) is 6. The van der Waals surface area contributed by atoms with Crippen molar-refractivity contribution < 1.29 is 29.3 Å². The Hall–Kier alpha value is -3.36. The van der Waals surface area contributed by atoms with Crippen LogP contribution < -0.4 is 5.43 Å². The van der Waals surface area contributed by atoms with E-state index < -0.39 is 34.5 Å². The molecular formula is C35H44O7S. The molecule has 2 aromatic carbocycles. The molecule has 3 aromatic rings. The Morgan fingerprint density at radius 2 is 1.63 bits per heavy atom. The lowest BCUT2D eigenvalue weighted by Crippen LogP contribution is -2.21. The summed E-state index contributed by atoms with van der Waals surface area (Å²) in [5, 5.41) is 29.6. The maximum absolute atomic E-state index is 12.6. The molecule has 2 atom stereocenters. The minimum absolute atomic E-state index is 0.0294. The van der Waals surface area contributed by atoms with Gasteiger partial charge in [-0.1, -0.05) is 88.8 Å². The molecule has 0 bridgehead atoms. The molecular weight excluding hydrogens is 564 g/mol. The standard InChI is InChI=1S/C35H44O7S/c1-3-5-6-7-8-9-12-24-15-17-25(18-16-24)19-21-32(28(36)13-10-14-33(38)39)43-31-22-20-26-29(37)23-30(35(40)41)42-34(26)27(31)11-4-2/h15-23,28,32,36H,3-14H2,1-2H3,(H,38,39)(H,40,41)/b21-19+/t28-,32+/m0/s1. The second kappa shape index (κ2) is 17.7. The average molecular weight is 609 g/mol. The van der Waals surface area contributed by atoms with Gasteiger partial charge < -0.3 is 19.7 Å². The Morgan fingerprint density at radius 3 is 2.30 bits per heavy atom. The Balaban J connectivity index is 1.84. The minimum Gasteiger partial charge on any atom is -0.481 e. The molecule has 232 valence electrons. The molecule has 0 aliphatic rings. The first-order valence-electron chi connectivity index (χ1n) is 15.4. The normalized spacial score (nSPS) is 13.0. The summed E-state index contributed by atoms with van der Waals surface area (Å²) >= 11 is 1.40. The number of aromatic carboxylic acids is 1. The summed E-state index contributed by atoms with van der Waals surface area (Å²) in [6, 6.07) is 12.9. The molecule has 1 heterocycles. The van der Waals surface area contributed by atoms with E-state index in [-0.39, 0.29) is 12.0 Å². The number of rotatable bonds is 19. The number of aliphatic hydroxyl groups is 1. The molecule has 0 unspecified atom stereocenters. The van der Waals surface area contributed by atoms with Crippen molar-refractivity contribution in [2.45, 2.75) is 107 Å². The van der Waals surface area contributed by atoms with Crippen LogP contribution in [0.25, 0.3) is 17.0 Å². The summed E-state index contributed by atoms with van der Waals surface area (Å²) in [6.45, 7) is 4.21. The predicted octanol–water partition coefficient (Wildman–Crippen LogP) is 8.14. The lowest BCUT2D eigenvalue weighted by atomic mass is 10.0. The van der Waals surface area contributed by atoms with Gasteiger partial charge in [0.15, 0.2) is 5.43 Å². The third kappa shape index (κ3) is 10.7. The van der Waals surface area contributed by atoms with Gasteiger partial charge >= 0.3 is 11.9 Å². The molecule has 8 heteroatoms. The molecule has 1 aromatic heterocycles. The van der Waals surface area contributed by atoms with Crippen molar-refractivity contribution in [3.8, 4) is 0 Å². The number of carbonyl (C=O) groups is 2. The fraction of sp³-hybridized carbons (Fsp3) is 0.457. The lowest BCUT2D eigenvalue weighted by Gasteiger charge is -2.21. The van der Waals surface area contributed by atoms with Gasteiger partial charge in [0.2, 0.25) is 5.76 Å². The van der Waals surface area contributed by atoms with Crippen molar-refractivity contribution in [3.05, 3.63) is 81.2 Å². The summed E-state index contributed by atoms with van der Waals surface area (Å²) in [5.41, 5.74) is 2.85. The van der Waals surface area contributed by atoms with Crippen LogP contribution in [0, 0.1) is 0 Å². The fourth-order valence-corrected chi connectivity index (χ4v) is 6.32. The molecule has 0 saturated heterocycles. The summed E-state index contributed by atoms with van der Waals surface area (Å²) in [7, 11) is 0. The summed E-state index contributed by atoms with van der Waals surface area (Å²) in [4.78, 5) is 36.1. The molecule has 0 saturated carbocycles. The van der Waals surface area contributed by atoms with Crippen molar-refractivity contribution in [2.24, 2.45) is 0 Å². The zero-order valence-corrected chi connectivity index (χ0v) is 26.0. The molecule has 0 aliphatic carbocycles. The molecule has 0 fully saturated rings. The highest BCUT2D eigenvalue weighted by atomic mass is 32.2. The van der Waals surface area contributed by atoms with Crippen LogP contribution in [0.4, 0.5) is 0 Å². The van der Waals surface area contributed by atoms with E-state index >= 15 is 0 Å². The van der Waals surface area contributed by atoms with Crippen molar-refractivity contribution in [3.63, 3.8) is 0 Å². The van der Waals surface area contributed by atoms with Crippen molar-refractivity contribution >= 4 is 40.7 Å². The van der Waals surface area contributed by atoms with E-state index in [0.29, 0.717) is 24.6 Å². The number of carboxylic acids is 2. The van der Waals surface area contributed by atoms with E-state index in [9.17, 15) is 24.6 Å². The van der Waals surface area contributed by atoms with Gasteiger partial charge in [-0.2, -0.15) is 0 Å². The molecule has 43 heavy (non-hydrogen) atoms. The molecule has 0 spiro atoms. The number of unbranched alkanes of at least 4 members (excludes halogenated alkanes) is 5. The third-order valence-corrected chi connectivity index (χ3v) is 8.86. The van der Waals surface area contributed by atoms with E-state index in [1.54, 1.807) is 6.07 Å². The van der Waals surface area contributed by atoms with Crippen molar-refractivity contribution in [1.82, 2.24) is 0 Å². The highest BCUT2D eigenvalue weighted by molar-refractivity contribution is 8.00. The first-order chi connectivity index (χ1) is 20.7. The monoisotopic (exact) mass is 608 g/mol. The van der Waals surface area contributed by atoms with Gasteiger partial charge in [0.25, 0.3) is 0 Å². The van der Waals surface area contributed by atoms with E-state index in [1.165, 1.54) is 55.9 Å². The van der Waals surface area contributed by atoms with E-state index in [4.69, 9.17) is 9.52 Å². The van der Waals surface area contributed by atoms with Crippen LogP contribution in [0.1, 0.15) is 105 Å². The van der Waals surface area contributed by atoms with Crippen LogP contribution in [0.2, 0.25) is 0 Å². The van der Waals surface area contributed by atoms with Gasteiger partial charge in [-0.15, -0.1) is 11.8 Å². The number of carboxylic acid groups (broad SMARTS) is 2. The highest BCUT2D eigenvalue weighted by Crippen LogP contribution is 2.35. The van der Waals surface area contributed by atoms with Crippen LogP contribution in [0.15, 0.2) is 62.6 Å². The molecule has 3 rings (SSSR count). The topological polar surface area (TPSA) is 125 Å². The van der Waals surface area contributed by atoms with E-state index in [0.717, 1.165) is 34.9 Å². The van der Waals surface area contributed by atoms with Crippen LogP contribution in [-0.2, 0) is 17.6 Å². The quantitative estimate of drug-likeness (QED) is 0.0920. The minimum atomic E-state index is -1.31. The van der Waals surface area contributed by atoms with Crippen LogP contribution >= 0.6 is 11.8 Å². The molecule has 3 N–H and O–H groups in total. The van der Waals surface area contributed by atoms with Gasteiger partial charge in [-0.25, -0.2) is 4.79 Å². The zero-order valence-electron chi connectivity index (χ0n) is 25.2. The van der Waals surface area contributed by atoms with Crippen LogP contribution in [-0.4, -0.2) is 38.6 Å².